The van der Waals surface area contributed by atoms with Crippen LogP contribution in [0.15, 0.2) is 42.7 Å². The highest BCUT2D eigenvalue weighted by atomic mass is 16.5. The molecule has 7 nitrogen and oxygen atoms in total. The minimum Gasteiger partial charge on any atom is -0.374 e. The molecule has 0 aliphatic heterocycles. The van der Waals surface area contributed by atoms with E-state index in [1.165, 1.54) is 0 Å². The fourth-order valence-electron chi connectivity index (χ4n) is 4.51. The number of hydrogen-bond donors (Lipinski definition) is 1. The molecule has 1 aromatic carbocycles. The van der Waals surface area contributed by atoms with Crippen LogP contribution in [0.1, 0.15) is 49.1 Å². The van der Waals surface area contributed by atoms with Crippen molar-refractivity contribution in [3.05, 3.63) is 59.7 Å². The standard InChI is InChI=1S/C22H22N6O/c1-2-16-9-17(29-13-15-5-3-14(11-23)4-6-15)10-18(16)22-27-26-20-12-25-21-19(28(20)22)7-8-24-21/h3-8,12,16-18,24H,2,9-10,13H2,1H3/t16-,17-,18+/m1/s1. The summed E-state index contributed by atoms with van der Waals surface area (Å²) in [5.74, 6) is 1.82. The predicted octanol–water partition coefficient (Wildman–Crippen LogP) is 3.97. The number of nitrogens with one attached hydrogen (secondary N) is 1. The predicted molar refractivity (Wildman–Crippen MR) is 108 cm³/mol. The van der Waals surface area contributed by atoms with Crippen LogP contribution in [0.3, 0.4) is 0 Å². The van der Waals surface area contributed by atoms with E-state index in [1.807, 2.05) is 36.5 Å². The van der Waals surface area contributed by atoms with Crippen LogP contribution in [0.5, 0.6) is 0 Å². The number of nitriles is 1. The van der Waals surface area contributed by atoms with Gasteiger partial charge in [0.15, 0.2) is 11.3 Å². The number of H-pyrrole nitrogens is 1. The van der Waals surface area contributed by atoms with Crippen LogP contribution < -0.4 is 0 Å². The van der Waals surface area contributed by atoms with Crippen molar-refractivity contribution < 1.29 is 4.74 Å². The molecule has 1 saturated carbocycles. The maximum atomic E-state index is 8.93. The van der Waals surface area contributed by atoms with Gasteiger partial charge in [0.05, 0.1) is 36.1 Å². The second kappa shape index (κ2) is 7.30. The van der Waals surface area contributed by atoms with E-state index < -0.39 is 0 Å². The van der Waals surface area contributed by atoms with E-state index in [0.717, 1.165) is 47.5 Å². The Morgan fingerprint density at radius 1 is 1.21 bits per heavy atom. The molecule has 0 spiro atoms. The van der Waals surface area contributed by atoms with Gasteiger partial charge < -0.3 is 9.72 Å². The number of fused-ring (bicyclic) bond motifs is 3. The topological polar surface area (TPSA) is 91.9 Å². The van der Waals surface area contributed by atoms with Gasteiger partial charge in [-0.25, -0.2) is 4.98 Å². The number of ether oxygens (including phenoxy) is 1. The Hall–Kier alpha value is -3.24. The molecule has 4 aromatic rings. The lowest BCUT2D eigenvalue weighted by molar-refractivity contribution is 0.0422. The molecule has 0 amide bonds. The lowest BCUT2D eigenvalue weighted by Gasteiger charge is -2.15. The monoisotopic (exact) mass is 386 g/mol. The maximum absolute atomic E-state index is 8.93. The fourth-order valence-corrected chi connectivity index (χ4v) is 4.51. The van der Waals surface area contributed by atoms with Crippen molar-refractivity contribution in [1.82, 2.24) is 24.6 Å². The van der Waals surface area contributed by atoms with E-state index in [2.05, 4.69) is 37.6 Å². The highest BCUT2D eigenvalue weighted by Gasteiger charge is 2.37. The molecule has 0 bridgehead atoms. The fraction of sp³-hybridized carbons (Fsp3) is 0.364. The first-order chi connectivity index (χ1) is 14.3. The molecule has 29 heavy (non-hydrogen) atoms. The lowest BCUT2D eigenvalue weighted by atomic mass is 9.93. The van der Waals surface area contributed by atoms with Crippen molar-refractivity contribution in [2.45, 2.75) is 44.8 Å². The zero-order valence-electron chi connectivity index (χ0n) is 16.2. The summed E-state index contributed by atoms with van der Waals surface area (Å²) >= 11 is 0. The van der Waals surface area contributed by atoms with Crippen molar-refractivity contribution in [2.24, 2.45) is 5.92 Å². The van der Waals surface area contributed by atoms with E-state index in [-0.39, 0.29) is 6.10 Å². The Kier molecular flexibility index (Phi) is 4.49. The maximum Gasteiger partial charge on any atom is 0.179 e. The summed E-state index contributed by atoms with van der Waals surface area (Å²) in [6, 6.07) is 11.8. The Morgan fingerprint density at radius 3 is 2.86 bits per heavy atom. The third-order valence-corrected chi connectivity index (χ3v) is 6.04. The molecule has 0 unspecified atom stereocenters. The van der Waals surface area contributed by atoms with Gasteiger partial charge in [-0.05, 0) is 42.5 Å². The van der Waals surface area contributed by atoms with Gasteiger partial charge in [0, 0.05) is 12.1 Å². The molecule has 5 rings (SSSR count). The SMILES string of the molecule is CC[C@@H]1C[C@@H](OCc2ccc(C#N)cc2)C[C@@H]1c1nnc2cnc3[nH]ccc3n12. The van der Waals surface area contributed by atoms with Gasteiger partial charge in [0.25, 0.3) is 0 Å². The minimum atomic E-state index is 0.191. The summed E-state index contributed by atoms with van der Waals surface area (Å²) in [5.41, 5.74) is 4.40. The van der Waals surface area contributed by atoms with Crippen LogP contribution in [0.2, 0.25) is 0 Å². The zero-order valence-corrected chi connectivity index (χ0v) is 16.2. The molecular weight excluding hydrogens is 364 g/mol. The van der Waals surface area contributed by atoms with E-state index in [4.69, 9.17) is 10.00 Å². The largest absolute Gasteiger partial charge is 0.374 e. The smallest absolute Gasteiger partial charge is 0.179 e. The Balaban J connectivity index is 1.37. The van der Waals surface area contributed by atoms with Crippen molar-refractivity contribution in [3.8, 4) is 6.07 Å². The molecule has 146 valence electrons. The summed E-state index contributed by atoms with van der Waals surface area (Å²) in [7, 11) is 0. The molecule has 3 heterocycles. The van der Waals surface area contributed by atoms with Crippen LogP contribution in [-0.4, -0.2) is 30.7 Å². The molecule has 0 radical (unpaired) electrons. The average Bonchev–Trinajstić information content (AvgIpc) is 3.48. The molecule has 3 atom stereocenters. The lowest BCUT2D eigenvalue weighted by Crippen LogP contribution is -2.10. The summed E-state index contributed by atoms with van der Waals surface area (Å²) in [6.07, 6.45) is 6.90. The first-order valence-electron chi connectivity index (χ1n) is 10.0. The van der Waals surface area contributed by atoms with Gasteiger partial charge in [-0.3, -0.25) is 4.40 Å². The van der Waals surface area contributed by atoms with Gasteiger partial charge >= 0.3 is 0 Å². The summed E-state index contributed by atoms with van der Waals surface area (Å²) < 4.78 is 8.38. The average molecular weight is 386 g/mol. The van der Waals surface area contributed by atoms with Gasteiger partial charge in [-0.15, -0.1) is 10.2 Å². The van der Waals surface area contributed by atoms with Crippen molar-refractivity contribution >= 4 is 16.8 Å². The molecule has 3 aromatic heterocycles. The number of aromatic amines is 1. The Bertz CT molecular complexity index is 1190. The zero-order chi connectivity index (χ0) is 19.8. The van der Waals surface area contributed by atoms with Crippen molar-refractivity contribution in [1.29, 1.82) is 5.26 Å². The number of hydrogen-bond acceptors (Lipinski definition) is 5. The number of aromatic nitrogens is 5. The number of rotatable bonds is 5. The summed E-state index contributed by atoms with van der Waals surface area (Å²) in [4.78, 5) is 7.58. The van der Waals surface area contributed by atoms with Gasteiger partial charge in [0.2, 0.25) is 0 Å². The van der Waals surface area contributed by atoms with Gasteiger partial charge in [0.1, 0.15) is 5.82 Å². The molecule has 0 saturated heterocycles. The molecule has 1 aliphatic rings. The van der Waals surface area contributed by atoms with E-state index in [0.29, 0.717) is 24.0 Å². The molecule has 7 heteroatoms. The Morgan fingerprint density at radius 2 is 2.07 bits per heavy atom. The van der Waals surface area contributed by atoms with Crippen molar-refractivity contribution in [2.75, 3.05) is 0 Å². The normalized spacial score (nSPS) is 21.7. The van der Waals surface area contributed by atoms with Crippen LogP contribution in [-0.2, 0) is 11.3 Å². The third kappa shape index (κ3) is 3.15. The number of benzene rings is 1. The molecule has 1 N–H and O–H groups in total. The van der Waals surface area contributed by atoms with Gasteiger partial charge in [-0.1, -0.05) is 25.5 Å². The van der Waals surface area contributed by atoms with E-state index in [9.17, 15) is 0 Å². The van der Waals surface area contributed by atoms with Crippen LogP contribution in [0, 0.1) is 17.2 Å². The highest BCUT2D eigenvalue weighted by molar-refractivity contribution is 5.74. The molecule has 1 fully saturated rings. The van der Waals surface area contributed by atoms with E-state index >= 15 is 0 Å². The highest BCUT2D eigenvalue weighted by Crippen LogP contribution is 2.42. The Labute approximate surface area is 168 Å². The second-order valence-corrected chi connectivity index (χ2v) is 7.71. The van der Waals surface area contributed by atoms with E-state index in [1.54, 1.807) is 6.20 Å². The van der Waals surface area contributed by atoms with Crippen LogP contribution in [0.4, 0.5) is 0 Å². The minimum absolute atomic E-state index is 0.191. The van der Waals surface area contributed by atoms with Gasteiger partial charge in [-0.2, -0.15) is 5.26 Å². The first-order valence-corrected chi connectivity index (χ1v) is 10.0. The second-order valence-electron chi connectivity index (χ2n) is 7.71. The van der Waals surface area contributed by atoms with Crippen LogP contribution in [0.25, 0.3) is 16.8 Å². The quantitative estimate of drug-likeness (QED) is 0.560. The molecule has 1 aliphatic carbocycles. The summed E-state index contributed by atoms with van der Waals surface area (Å²) in [5, 5.41) is 17.9. The van der Waals surface area contributed by atoms with Crippen LogP contribution >= 0.6 is 0 Å². The third-order valence-electron chi connectivity index (χ3n) is 6.04. The van der Waals surface area contributed by atoms with Crippen molar-refractivity contribution in [3.63, 3.8) is 0 Å². The first kappa shape index (κ1) is 17.8. The molecular formula is C22H22N6O. The number of nitrogens with zero attached hydrogens (tertiary/aromatic N) is 5. The summed E-state index contributed by atoms with van der Waals surface area (Å²) in [6.45, 7) is 2.80.